The summed E-state index contributed by atoms with van der Waals surface area (Å²) in [4.78, 5) is 24.3. The van der Waals surface area contributed by atoms with Crippen LogP contribution in [-0.2, 0) is 4.79 Å². The number of hydrogen-bond acceptors (Lipinski definition) is 4. The number of rotatable bonds is 4. The first kappa shape index (κ1) is 11.8. The van der Waals surface area contributed by atoms with E-state index in [0.29, 0.717) is 5.57 Å². The third-order valence-electron chi connectivity index (χ3n) is 2.17. The molecule has 0 radical (unpaired) electrons. The summed E-state index contributed by atoms with van der Waals surface area (Å²) in [6.07, 6.45) is 3.03. The molecule has 0 unspecified atom stereocenters. The predicted octanol–water partition coefficient (Wildman–Crippen LogP) is 1.60. The lowest BCUT2D eigenvalue weighted by Crippen LogP contribution is -2.28. The molecule has 0 aliphatic rings. The maximum Gasteiger partial charge on any atom is 0.342 e. The minimum atomic E-state index is -0.436. The monoisotopic (exact) mass is 241 g/mol. The Morgan fingerprint density at radius 3 is 2.44 bits per heavy atom. The van der Waals surface area contributed by atoms with E-state index >= 15 is 0 Å². The summed E-state index contributed by atoms with van der Waals surface area (Å²) in [5.74, 6) is -0.436. The molecule has 90 valence electrons. The molecule has 2 rings (SSSR count). The minimum Gasteiger partial charge on any atom is -0.337 e. The standard InChI is InChI=1S/C13H11N3O2/c1-10(11-6-3-2-4-7-11)12(17)16-18-13-14-8-5-9-15-13/h2-9H,1H2,(H,16,17). The Bertz CT molecular complexity index is 541. The van der Waals surface area contributed by atoms with Gasteiger partial charge in [-0.3, -0.25) is 4.79 Å². The number of benzene rings is 1. The van der Waals surface area contributed by atoms with Gasteiger partial charge in [-0.2, -0.15) is 5.48 Å². The molecule has 0 saturated heterocycles. The molecule has 18 heavy (non-hydrogen) atoms. The summed E-state index contributed by atoms with van der Waals surface area (Å²) in [5, 5.41) is 0. The maximum atomic E-state index is 11.7. The molecule has 0 bridgehead atoms. The zero-order valence-corrected chi connectivity index (χ0v) is 9.54. The van der Waals surface area contributed by atoms with E-state index in [1.807, 2.05) is 18.2 Å². The van der Waals surface area contributed by atoms with Crippen molar-refractivity contribution < 1.29 is 9.63 Å². The summed E-state index contributed by atoms with van der Waals surface area (Å²) in [6.45, 7) is 3.70. The Hall–Kier alpha value is -2.69. The van der Waals surface area contributed by atoms with E-state index in [2.05, 4.69) is 22.0 Å². The highest BCUT2D eigenvalue weighted by molar-refractivity contribution is 6.18. The van der Waals surface area contributed by atoms with E-state index in [1.165, 1.54) is 12.4 Å². The number of amides is 1. The first-order valence-corrected chi connectivity index (χ1v) is 5.26. The first-order chi connectivity index (χ1) is 8.77. The highest BCUT2D eigenvalue weighted by Gasteiger charge is 2.09. The van der Waals surface area contributed by atoms with E-state index in [0.717, 1.165) is 5.56 Å². The average Bonchev–Trinajstić information content (AvgIpc) is 2.46. The molecule has 0 aliphatic heterocycles. The fourth-order valence-corrected chi connectivity index (χ4v) is 1.26. The zero-order valence-electron chi connectivity index (χ0n) is 9.54. The molecule has 0 spiro atoms. The Morgan fingerprint density at radius 1 is 1.11 bits per heavy atom. The van der Waals surface area contributed by atoms with Crippen LogP contribution in [0.4, 0.5) is 0 Å². The number of aromatic nitrogens is 2. The molecule has 1 aromatic carbocycles. The fourth-order valence-electron chi connectivity index (χ4n) is 1.26. The summed E-state index contributed by atoms with van der Waals surface area (Å²) < 4.78 is 0. The van der Waals surface area contributed by atoms with Gasteiger partial charge in [-0.05, 0) is 11.6 Å². The molecular formula is C13H11N3O2. The predicted molar refractivity (Wildman–Crippen MR) is 66.3 cm³/mol. The van der Waals surface area contributed by atoms with Crippen molar-refractivity contribution in [1.82, 2.24) is 15.4 Å². The van der Waals surface area contributed by atoms with Crippen LogP contribution in [0.2, 0.25) is 0 Å². The van der Waals surface area contributed by atoms with Gasteiger partial charge in [-0.25, -0.2) is 9.97 Å². The van der Waals surface area contributed by atoms with Crippen LogP contribution in [0.3, 0.4) is 0 Å². The van der Waals surface area contributed by atoms with Gasteiger partial charge in [0.15, 0.2) is 0 Å². The van der Waals surface area contributed by atoms with Gasteiger partial charge in [-0.15, -0.1) is 0 Å². The Balaban J connectivity index is 1.95. The van der Waals surface area contributed by atoms with Crippen LogP contribution in [0, 0.1) is 0 Å². The highest BCUT2D eigenvalue weighted by Crippen LogP contribution is 2.11. The van der Waals surface area contributed by atoms with Crippen molar-refractivity contribution in [3.05, 3.63) is 60.9 Å². The van der Waals surface area contributed by atoms with Gasteiger partial charge in [0.1, 0.15) is 0 Å². The topological polar surface area (TPSA) is 64.1 Å². The van der Waals surface area contributed by atoms with Crippen molar-refractivity contribution in [3.63, 3.8) is 0 Å². The summed E-state index contributed by atoms with van der Waals surface area (Å²) >= 11 is 0. The van der Waals surface area contributed by atoms with Crippen molar-refractivity contribution >= 4 is 11.5 Å². The maximum absolute atomic E-state index is 11.7. The molecule has 1 aromatic heterocycles. The van der Waals surface area contributed by atoms with Crippen LogP contribution >= 0.6 is 0 Å². The second-order valence-electron chi connectivity index (χ2n) is 3.41. The second-order valence-corrected chi connectivity index (χ2v) is 3.41. The number of nitrogens with one attached hydrogen (secondary N) is 1. The molecule has 0 atom stereocenters. The lowest BCUT2D eigenvalue weighted by atomic mass is 10.1. The van der Waals surface area contributed by atoms with Crippen molar-refractivity contribution in [3.8, 4) is 6.01 Å². The molecule has 1 N–H and O–H groups in total. The highest BCUT2D eigenvalue weighted by atomic mass is 16.7. The van der Waals surface area contributed by atoms with Crippen LogP contribution < -0.4 is 10.3 Å². The van der Waals surface area contributed by atoms with Crippen LogP contribution in [0.5, 0.6) is 6.01 Å². The van der Waals surface area contributed by atoms with Gasteiger partial charge in [0.2, 0.25) is 0 Å². The van der Waals surface area contributed by atoms with Gasteiger partial charge in [0.05, 0.1) is 0 Å². The SMILES string of the molecule is C=C(C(=O)NOc1ncccn1)c1ccccc1. The van der Waals surface area contributed by atoms with Gasteiger partial charge in [0.25, 0.3) is 5.91 Å². The zero-order chi connectivity index (χ0) is 12.8. The Labute approximate surface area is 104 Å². The molecular weight excluding hydrogens is 230 g/mol. The number of carbonyl (C=O) groups excluding carboxylic acids is 1. The molecule has 1 heterocycles. The molecule has 0 fully saturated rings. The van der Waals surface area contributed by atoms with Crippen molar-refractivity contribution in [2.45, 2.75) is 0 Å². The van der Waals surface area contributed by atoms with Crippen molar-refractivity contribution in [1.29, 1.82) is 0 Å². The lowest BCUT2D eigenvalue weighted by molar-refractivity contribution is -0.122. The Kier molecular flexibility index (Phi) is 3.66. The summed E-state index contributed by atoms with van der Waals surface area (Å²) in [5.41, 5.74) is 3.27. The summed E-state index contributed by atoms with van der Waals surface area (Å²) in [6, 6.07) is 10.8. The van der Waals surface area contributed by atoms with E-state index in [4.69, 9.17) is 4.84 Å². The van der Waals surface area contributed by atoms with Crippen LogP contribution in [0.25, 0.3) is 5.57 Å². The van der Waals surface area contributed by atoms with Crippen LogP contribution in [0.15, 0.2) is 55.4 Å². The second kappa shape index (κ2) is 5.58. The normalized spacial score (nSPS) is 9.56. The van der Waals surface area contributed by atoms with Crippen LogP contribution in [-0.4, -0.2) is 15.9 Å². The average molecular weight is 241 g/mol. The van der Waals surface area contributed by atoms with E-state index in [1.54, 1.807) is 18.2 Å². The molecule has 2 aromatic rings. The fraction of sp³-hybridized carbons (Fsp3) is 0. The quantitative estimate of drug-likeness (QED) is 0.652. The molecule has 5 heteroatoms. The number of carbonyl (C=O) groups is 1. The number of hydroxylamine groups is 1. The number of nitrogens with zero attached hydrogens (tertiary/aromatic N) is 2. The summed E-state index contributed by atoms with van der Waals surface area (Å²) in [7, 11) is 0. The van der Waals surface area contributed by atoms with Crippen LogP contribution in [0.1, 0.15) is 5.56 Å². The third kappa shape index (κ3) is 2.91. The van der Waals surface area contributed by atoms with Gasteiger partial charge < -0.3 is 4.84 Å². The third-order valence-corrected chi connectivity index (χ3v) is 2.17. The molecule has 0 saturated carbocycles. The van der Waals surface area contributed by atoms with Gasteiger partial charge in [-0.1, -0.05) is 36.9 Å². The van der Waals surface area contributed by atoms with E-state index in [-0.39, 0.29) is 6.01 Å². The van der Waals surface area contributed by atoms with Crippen molar-refractivity contribution in [2.24, 2.45) is 0 Å². The Morgan fingerprint density at radius 2 is 1.78 bits per heavy atom. The largest absolute Gasteiger partial charge is 0.342 e. The number of hydrogen-bond donors (Lipinski definition) is 1. The van der Waals surface area contributed by atoms with Crippen molar-refractivity contribution in [2.75, 3.05) is 0 Å². The van der Waals surface area contributed by atoms with E-state index < -0.39 is 5.91 Å². The lowest BCUT2D eigenvalue weighted by Gasteiger charge is -2.07. The van der Waals surface area contributed by atoms with Gasteiger partial charge >= 0.3 is 6.01 Å². The minimum absolute atomic E-state index is 0.0757. The van der Waals surface area contributed by atoms with E-state index in [9.17, 15) is 4.79 Å². The molecule has 5 nitrogen and oxygen atoms in total. The molecule has 0 aliphatic carbocycles. The van der Waals surface area contributed by atoms with Gasteiger partial charge in [0, 0.05) is 18.0 Å². The molecule has 1 amide bonds. The first-order valence-electron chi connectivity index (χ1n) is 5.26. The smallest absolute Gasteiger partial charge is 0.337 e.